The van der Waals surface area contributed by atoms with E-state index >= 15 is 0 Å². The number of anilines is 1. The average molecular weight is 448 g/mol. The van der Waals surface area contributed by atoms with E-state index in [9.17, 15) is 9.90 Å². The van der Waals surface area contributed by atoms with Crippen LogP contribution in [0, 0.1) is 0 Å². The zero-order valence-corrected chi connectivity index (χ0v) is 18.8. The van der Waals surface area contributed by atoms with E-state index in [-0.39, 0.29) is 11.7 Å². The minimum absolute atomic E-state index is 0.0136. The predicted octanol–water partition coefficient (Wildman–Crippen LogP) is 6.06. The number of phenolic OH excluding ortho intramolecular Hbond substituents is 1. The van der Waals surface area contributed by atoms with Crippen molar-refractivity contribution in [2.75, 3.05) is 11.5 Å². The van der Waals surface area contributed by atoms with Crippen LogP contribution in [0.3, 0.4) is 0 Å². The molecule has 2 heterocycles. The molecule has 4 heteroatoms. The van der Waals surface area contributed by atoms with E-state index in [4.69, 9.17) is 4.74 Å². The summed E-state index contributed by atoms with van der Waals surface area (Å²) in [5.41, 5.74) is 6.92. The fourth-order valence-corrected chi connectivity index (χ4v) is 5.10. The summed E-state index contributed by atoms with van der Waals surface area (Å²) >= 11 is 0. The van der Waals surface area contributed by atoms with Crippen molar-refractivity contribution >= 4 is 11.6 Å². The normalized spacial score (nSPS) is 16.6. The van der Waals surface area contributed by atoms with E-state index in [1.807, 2.05) is 53.4 Å². The summed E-state index contributed by atoms with van der Waals surface area (Å²) < 4.78 is 5.70. The standard InChI is InChI=1S/C30H25NO3/c32-27-18-28-23(9-6-16-34-28)17-25(27)29-24-10-4-5-11-26(24)31(30(29)33)19-20-12-14-22(15-13-20)21-7-2-1-3-8-21/h1-5,7-8,10-15,17-18,29,32H,6,9,16,19H2. The highest BCUT2D eigenvalue weighted by Gasteiger charge is 2.39. The van der Waals surface area contributed by atoms with Crippen molar-refractivity contribution < 1.29 is 14.6 Å². The molecule has 1 unspecified atom stereocenters. The van der Waals surface area contributed by atoms with E-state index < -0.39 is 5.92 Å². The van der Waals surface area contributed by atoms with Crippen molar-refractivity contribution in [1.82, 2.24) is 0 Å². The Morgan fingerprint density at radius 2 is 1.59 bits per heavy atom. The highest BCUT2D eigenvalue weighted by atomic mass is 16.5. The van der Waals surface area contributed by atoms with Crippen LogP contribution in [0.15, 0.2) is 91.0 Å². The molecule has 0 saturated carbocycles. The zero-order chi connectivity index (χ0) is 23.1. The Morgan fingerprint density at radius 3 is 2.41 bits per heavy atom. The van der Waals surface area contributed by atoms with Crippen LogP contribution in [0.2, 0.25) is 0 Å². The van der Waals surface area contributed by atoms with Crippen LogP contribution in [-0.2, 0) is 17.8 Å². The molecule has 0 saturated heterocycles. The van der Waals surface area contributed by atoms with Crippen molar-refractivity contribution in [2.24, 2.45) is 0 Å². The molecule has 0 fully saturated rings. The van der Waals surface area contributed by atoms with Gasteiger partial charge in [-0.2, -0.15) is 0 Å². The van der Waals surface area contributed by atoms with Crippen LogP contribution >= 0.6 is 0 Å². The van der Waals surface area contributed by atoms with Gasteiger partial charge in [-0.15, -0.1) is 0 Å². The second-order valence-corrected chi connectivity index (χ2v) is 8.95. The van der Waals surface area contributed by atoms with E-state index in [2.05, 4.69) is 36.4 Å². The monoisotopic (exact) mass is 447 g/mol. The maximum Gasteiger partial charge on any atom is 0.239 e. The summed E-state index contributed by atoms with van der Waals surface area (Å²) in [5.74, 6) is 0.303. The molecule has 0 aliphatic carbocycles. The molecule has 0 radical (unpaired) electrons. The maximum atomic E-state index is 13.8. The second kappa shape index (κ2) is 8.38. The summed E-state index contributed by atoms with van der Waals surface area (Å²) in [6.45, 7) is 1.14. The van der Waals surface area contributed by atoms with E-state index in [1.54, 1.807) is 6.07 Å². The van der Waals surface area contributed by atoms with Gasteiger partial charge in [-0.1, -0.05) is 72.8 Å². The number of amides is 1. The summed E-state index contributed by atoms with van der Waals surface area (Å²) in [4.78, 5) is 15.6. The van der Waals surface area contributed by atoms with Crippen LogP contribution in [0.25, 0.3) is 11.1 Å². The van der Waals surface area contributed by atoms with Crippen LogP contribution in [0.1, 0.15) is 34.6 Å². The fraction of sp³-hybridized carbons (Fsp3) is 0.167. The van der Waals surface area contributed by atoms with Gasteiger partial charge < -0.3 is 14.7 Å². The third kappa shape index (κ3) is 3.52. The fourth-order valence-electron chi connectivity index (χ4n) is 5.10. The van der Waals surface area contributed by atoms with Gasteiger partial charge >= 0.3 is 0 Å². The number of rotatable bonds is 4. The molecule has 4 nitrogen and oxygen atoms in total. The van der Waals surface area contributed by atoms with Crippen LogP contribution in [0.5, 0.6) is 11.5 Å². The molecule has 4 aromatic carbocycles. The molecule has 1 amide bonds. The Labute approximate surface area is 199 Å². The number of aryl methyl sites for hydroxylation is 1. The van der Waals surface area contributed by atoms with Crippen molar-refractivity contribution in [3.05, 3.63) is 113 Å². The summed E-state index contributed by atoms with van der Waals surface area (Å²) in [5, 5.41) is 10.8. The third-order valence-electron chi connectivity index (χ3n) is 6.82. The number of carbonyl (C=O) groups is 1. The number of hydrogen-bond acceptors (Lipinski definition) is 3. The molecule has 1 N–H and O–H groups in total. The largest absolute Gasteiger partial charge is 0.507 e. The minimum atomic E-state index is -0.521. The molecule has 168 valence electrons. The molecule has 0 aromatic heterocycles. The molecular formula is C30H25NO3. The topological polar surface area (TPSA) is 49.8 Å². The van der Waals surface area contributed by atoms with Gasteiger partial charge in [0.15, 0.2) is 0 Å². The molecular weight excluding hydrogens is 422 g/mol. The number of benzene rings is 4. The number of ether oxygens (including phenoxy) is 1. The smallest absolute Gasteiger partial charge is 0.239 e. The first-order valence-electron chi connectivity index (χ1n) is 11.7. The third-order valence-corrected chi connectivity index (χ3v) is 6.82. The quantitative estimate of drug-likeness (QED) is 0.414. The summed E-state index contributed by atoms with van der Waals surface area (Å²) in [6, 6.07) is 30.2. The van der Waals surface area contributed by atoms with Gasteiger partial charge in [0.05, 0.1) is 19.1 Å². The molecule has 1 atom stereocenters. The molecule has 4 aromatic rings. The van der Waals surface area contributed by atoms with Gasteiger partial charge in [0.2, 0.25) is 5.91 Å². The molecule has 2 aliphatic heterocycles. The van der Waals surface area contributed by atoms with Gasteiger partial charge in [0.25, 0.3) is 0 Å². The first kappa shape index (κ1) is 20.5. The SMILES string of the molecule is O=C1C(c2cc3c(cc2O)OCCC3)c2ccccc2N1Cc1ccc(-c2ccccc2)cc1. The Balaban J connectivity index is 1.33. The van der Waals surface area contributed by atoms with Gasteiger partial charge in [-0.05, 0) is 52.8 Å². The molecule has 2 aliphatic rings. The lowest BCUT2D eigenvalue weighted by molar-refractivity contribution is -0.118. The van der Waals surface area contributed by atoms with E-state index in [1.165, 1.54) is 5.56 Å². The minimum Gasteiger partial charge on any atom is -0.507 e. The number of carbonyl (C=O) groups excluding carboxylic acids is 1. The Bertz CT molecular complexity index is 1360. The number of para-hydroxylation sites is 1. The Hall–Kier alpha value is -4.05. The first-order chi connectivity index (χ1) is 16.7. The van der Waals surface area contributed by atoms with Crippen molar-refractivity contribution in [1.29, 1.82) is 0 Å². The number of hydrogen-bond donors (Lipinski definition) is 1. The lowest BCUT2D eigenvalue weighted by atomic mass is 9.89. The van der Waals surface area contributed by atoms with Crippen LogP contribution in [0.4, 0.5) is 5.69 Å². The van der Waals surface area contributed by atoms with E-state index in [0.29, 0.717) is 18.7 Å². The van der Waals surface area contributed by atoms with Gasteiger partial charge in [-0.3, -0.25) is 4.79 Å². The molecule has 34 heavy (non-hydrogen) atoms. The highest BCUT2D eigenvalue weighted by molar-refractivity contribution is 6.07. The lowest BCUT2D eigenvalue weighted by Crippen LogP contribution is -2.28. The van der Waals surface area contributed by atoms with Gasteiger partial charge in [-0.25, -0.2) is 0 Å². The Morgan fingerprint density at radius 1 is 0.853 bits per heavy atom. The number of fused-ring (bicyclic) bond motifs is 2. The number of aromatic hydroxyl groups is 1. The van der Waals surface area contributed by atoms with Crippen molar-refractivity contribution in [3.8, 4) is 22.6 Å². The molecule has 0 spiro atoms. The highest BCUT2D eigenvalue weighted by Crippen LogP contribution is 2.46. The number of nitrogens with zero attached hydrogens (tertiary/aromatic N) is 1. The summed E-state index contributed by atoms with van der Waals surface area (Å²) in [7, 11) is 0. The summed E-state index contributed by atoms with van der Waals surface area (Å²) in [6.07, 6.45) is 1.83. The second-order valence-electron chi connectivity index (χ2n) is 8.95. The first-order valence-corrected chi connectivity index (χ1v) is 11.7. The van der Waals surface area contributed by atoms with Gasteiger partial charge in [0.1, 0.15) is 11.5 Å². The Kier molecular flexibility index (Phi) is 5.06. The molecule has 6 rings (SSSR count). The number of phenols is 1. The maximum absolute atomic E-state index is 13.8. The molecule has 0 bridgehead atoms. The predicted molar refractivity (Wildman–Crippen MR) is 133 cm³/mol. The van der Waals surface area contributed by atoms with Crippen molar-refractivity contribution in [2.45, 2.75) is 25.3 Å². The van der Waals surface area contributed by atoms with Crippen LogP contribution < -0.4 is 9.64 Å². The van der Waals surface area contributed by atoms with Crippen molar-refractivity contribution in [3.63, 3.8) is 0 Å². The lowest BCUT2D eigenvalue weighted by Gasteiger charge is -2.21. The van der Waals surface area contributed by atoms with Gasteiger partial charge in [0, 0.05) is 17.3 Å². The average Bonchev–Trinajstić information content (AvgIpc) is 3.15. The zero-order valence-electron chi connectivity index (χ0n) is 18.8. The van der Waals surface area contributed by atoms with Crippen LogP contribution in [-0.4, -0.2) is 17.6 Å². The van der Waals surface area contributed by atoms with E-state index in [0.717, 1.165) is 46.5 Å².